The van der Waals surface area contributed by atoms with Gasteiger partial charge in [0.1, 0.15) is 17.6 Å². The highest BCUT2D eigenvalue weighted by molar-refractivity contribution is 8.14. The zero-order chi connectivity index (χ0) is 25.7. The van der Waals surface area contributed by atoms with Gasteiger partial charge in [-0.05, 0) is 36.8 Å². The van der Waals surface area contributed by atoms with Crippen LogP contribution >= 0.6 is 23.4 Å². The highest BCUT2D eigenvalue weighted by atomic mass is 35.5. The molecule has 4 rings (SSSR count). The average molecular weight is 528 g/mol. The van der Waals surface area contributed by atoms with Crippen LogP contribution in [0.4, 0.5) is 11.4 Å². The van der Waals surface area contributed by atoms with E-state index in [4.69, 9.17) is 16.3 Å². The molecule has 0 bridgehead atoms. The highest BCUT2D eigenvalue weighted by Crippen LogP contribution is 2.34. The van der Waals surface area contributed by atoms with Gasteiger partial charge in [-0.1, -0.05) is 48.8 Å². The van der Waals surface area contributed by atoms with Crippen molar-refractivity contribution in [2.45, 2.75) is 32.2 Å². The summed E-state index contributed by atoms with van der Waals surface area (Å²) in [6.07, 6.45) is 1.79. The lowest BCUT2D eigenvalue weighted by atomic mass is 10.1. The number of carbonyl (C=O) groups is 3. The molecular weight excluding hydrogens is 502 g/mol. The Kier molecular flexibility index (Phi) is 8.27. The fourth-order valence-electron chi connectivity index (χ4n) is 3.78. The molecule has 2 aliphatic heterocycles. The minimum absolute atomic E-state index is 0.0180. The number of amidine groups is 2. The van der Waals surface area contributed by atoms with Crippen LogP contribution in [0.1, 0.15) is 31.7 Å². The van der Waals surface area contributed by atoms with Crippen LogP contribution in [0.25, 0.3) is 0 Å². The number of fused-ring (bicyclic) bond motifs is 3. The molecule has 0 radical (unpaired) electrons. The third-order valence-corrected chi connectivity index (χ3v) is 6.72. The molecule has 2 N–H and O–H groups in total. The third-order valence-electron chi connectivity index (χ3n) is 5.55. The summed E-state index contributed by atoms with van der Waals surface area (Å²) in [5.41, 5.74) is 1.80. The summed E-state index contributed by atoms with van der Waals surface area (Å²) >= 11 is 7.16. The average Bonchev–Trinajstić information content (AvgIpc) is 3.19. The number of ether oxygens (including phenoxy) is 1. The molecule has 1 atom stereocenters. The molecule has 0 aliphatic carbocycles. The van der Waals surface area contributed by atoms with Gasteiger partial charge in [0, 0.05) is 17.1 Å². The first kappa shape index (κ1) is 25.7. The number of nitrogens with one attached hydrogen (secondary N) is 2. The predicted molar refractivity (Wildman–Crippen MR) is 142 cm³/mol. The Bertz CT molecular complexity index is 1250. The van der Waals surface area contributed by atoms with Gasteiger partial charge in [-0.15, -0.1) is 0 Å². The number of nitrogens with zero attached hydrogens (tertiary/aromatic N) is 3. The van der Waals surface area contributed by atoms with Gasteiger partial charge in [0.15, 0.2) is 5.17 Å². The van der Waals surface area contributed by atoms with Crippen LogP contribution in [0, 0.1) is 0 Å². The maximum absolute atomic E-state index is 13.3. The first-order chi connectivity index (χ1) is 17.4. The van der Waals surface area contributed by atoms with Crippen molar-refractivity contribution in [2.24, 2.45) is 9.98 Å². The molecule has 2 aromatic rings. The Morgan fingerprint density at radius 3 is 2.78 bits per heavy atom. The van der Waals surface area contributed by atoms with Gasteiger partial charge in [-0.25, -0.2) is 9.89 Å². The van der Waals surface area contributed by atoms with E-state index in [0.29, 0.717) is 45.3 Å². The third kappa shape index (κ3) is 5.71. The number of aliphatic imine (C=N–C) groups is 2. The van der Waals surface area contributed by atoms with Gasteiger partial charge in [-0.2, -0.15) is 0 Å². The standard InChI is InChI=1S/C25H26ClN5O4S/c1-3-4-11-27-21(32)13-19-24(34)31-23(29-19)16-7-5-6-8-17(16)30-25(31)36-14-22(33)28-18-12-15(26)9-10-20(18)35-2/h5-10,12,19H,3-4,11,13-14H2,1-2H3,(H,27,32)(H,28,33)/t19-/m1/s1. The second kappa shape index (κ2) is 11.6. The first-order valence-electron chi connectivity index (χ1n) is 11.5. The minimum Gasteiger partial charge on any atom is -0.495 e. The topological polar surface area (TPSA) is 112 Å². The molecule has 3 amide bonds. The van der Waals surface area contributed by atoms with E-state index in [2.05, 4.69) is 20.6 Å². The zero-order valence-corrected chi connectivity index (χ0v) is 21.5. The highest BCUT2D eigenvalue weighted by Gasteiger charge is 2.42. The van der Waals surface area contributed by atoms with E-state index in [9.17, 15) is 14.4 Å². The molecule has 0 saturated carbocycles. The van der Waals surface area contributed by atoms with Crippen molar-refractivity contribution in [2.75, 3.05) is 24.7 Å². The first-order valence-corrected chi connectivity index (χ1v) is 12.9. The summed E-state index contributed by atoms with van der Waals surface area (Å²) in [5.74, 6) is 0.0190. The number of amides is 3. The Balaban J connectivity index is 1.49. The summed E-state index contributed by atoms with van der Waals surface area (Å²) < 4.78 is 5.27. The van der Waals surface area contributed by atoms with Crippen LogP contribution in [0.5, 0.6) is 5.75 Å². The number of rotatable bonds is 9. The molecule has 0 unspecified atom stereocenters. The molecule has 11 heteroatoms. The number of anilines is 1. The van der Waals surface area contributed by atoms with Crippen LogP contribution < -0.4 is 15.4 Å². The second-order valence-corrected chi connectivity index (χ2v) is 9.52. The van der Waals surface area contributed by atoms with Crippen molar-refractivity contribution < 1.29 is 19.1 Å². The monoisotopic (exact) mass is 527 g/mol. The van der Waals surface area contributed by atoms with Crippen LogP contribution in [-0.2, 0) is 14.4 Å². The van der Waals surface area contributed by atoms with E-state index in [0.717, 1.165) is 24.6 Å². The van der Waals surface area contributed by atoms with E-state index in [-0.39, 0.29) is 29.9 Å². The van der Waals surface area contributed by atoms with E-state index in [1.54, 1.807) is 18.2 Å². The lowest BCUT2D eigenvalue weighted by molar-refractivity contribution is -0.128. The summed E-state index contributed by atoms with van der Waals surface area (Å²) in [6.45, 7) is 2.60. The Morgan fingerprint density at radius 2 is 2.00 bits per heavy atom. The van der Waals surface area contributed by atoms with E-state index in [1.165, 1.54) is 12.0 Å². The number of benzene rings is 2. The van der Waals surface area contributed by atoms with Gasteiger partial charge in [-0.3, -0.25) is 19.4 Å². The molecule has 0 aromatic heterocycles. The molecule has 0 saturated heterocycles. The molecule has 36 heavy (non-hydrogen) atoms. The largest absolute Gasteiger partial charge is 0.495 e. The molecular formula is C25H26ClN5O4S. The summed E-state index contributed by atoms with van der Waals surface area (Å²) in [7, 11) is 1.50. The number of thioether (sulfide) groups is 1. The van der Waals surface area contributed by atoms with Crippen LogP contribution in [0.2, 0.25) is 5.02 Å². The van der Waals surface area contributed by atoms with Crippen molar-refractivity contribution in [1.82, 2.24) is 10.2 Å². The fraction of sp³-hybridized carbons (Fsp3) is 0.320. The van der Waals surface area contributed by atoms with Gasteiger partial charge in [0.05, 0.1) is 30.7 Å². The Morgan fingerprint density at radius 1 is 1.19 bits per heavy atom. The molecule has 2 aromatic carbocycles. The molecule has 2 heterocycles. The van der Waals surface area contributed by atoms with Crippen LogP contribution in [0.15, 0.2) is 52.4 Å². The number of hydrogen-bond donors (Lipinski definition) is 2. The lowest BCUT2D eigenvalue weighted by Gasteiger charge is -2.25. The van der Waals surface area contributed by atoms with Crippen molar-refractivity contribution in [3.05, 3.63) is 53.1 Å². The van der Waals surface area contributed by atoms with Gasteiger partial charge < -0.3 is 15.4 Å². The van der Waals surface area contributed by atoms with E-state index >= 15 is 0 Å². The van der Waals surface area contributed by atoms with Crippen LogP contribution in [-0.4, -0.2) is 59.1 Å². The molecule has 2 aliphatic rings. The number of carbonyl (C=O) groups excluding carboxylic acids is 3. The molecule has 0 spiro atoms. The van der Waals surface area contributed by atoms with Crippen molar-refractivity contribution >= 4 is 63.5 Å². The molecule has 9 nitrogen and oxygen atoms in total. The van der Waals surface area contributed by atoms with Gasteiger partial charge in [0.2, 0.25) is 11.8 Å². The second-order valence-electron chi connectivity index (χ2n) is 8.14. The van der Waals surface area contributed by atoms with E-state index in [1.807, 2.05) is 31.2 Å². The van der Waals surface area contributed by atoms with Crippen molar-refractivity contribution in [1.29, 1.82) is 0 Å². The molecule has 0 fully saturated rings. The quantitative estimate of drug-likeness (QED) is 0.479. The maximum Gasteiger partial charge on any atom is 0.259 e. The number of hydrogen-bond acceptors (Lipinski definition) is 7. The SMILES string of the molecule is CCCCNC(=O)C[C@H]1N=C2c3ccccc3N=C(SCC(=O)Nc3cc(Cl)ccc3OC)N2C1=O. The number of halogens is 1. The molecule has 188 valence electrons. The summed E-state index contributed by atoms with van der Waals surface area (Å²) in [6, 6.07) is 11.4. The summed E-state index contributed by atoms with van der Waals surface area (Å²) in [4.78, 5) is 49.0. The zero-order valence-electron chi connectivity index (χ0n) is 19.9. The maximum atomic E-state index is 13.3. The normalized spacial score (nSPS) is 16.0. The summed E-state index contributed by atoms with van der Waals surface area (Å²) in [5, 5.41) is 6.40. The van der Waals surface area contributed by atoms with Crippen LogP contribution in [0.3, 0.4) is 0 Å². The number of para-hydroxylation sites is 1. The predicted octanol–water partition coefficient (Wildman–Crippen LogP) is 3.99. The Labute approximate surface area is 218 Å². The Hall–Kier alpha value is -3.37. The smallest absolute Gasteiger partial charge is 0.259 e. The van der Waals surface area contributed by atoms with Gasteiger partial charge >= 0.3 is 0 Å². The number of unbranched alkanes of at least 4 members (excludes halogenated alkanes) is 1. The van der Waals surface area contributed by atoms with Crippen molar-refractivity contribution in [3.8, 4) is 5.75 Å². The minimum atomic E-state index is -0.844. The number of methoxy groups -OCH3 is 1. The van der Waals surface area contributed by atoms with E-state index < -0.39 is 6.04 Å². The lowest BCUT2D eigenvalue weighted by Crippen LogP contribution is -2.42. The van der Waals surface area contributed by atoms with Crippen molar-refractivity contribution in [3.63, 3.8) is 0 Å². The van der Waals surface area contributed by atoms with Gasteiger partial charge in [0.25, 0.3) is 5.91 Å². The fourth-order valence-corrected chi connectivity index (χ4v) is 4.75.